The van der Waals surface area contributed by atoms with E-state index in [1.807, 2.05) is 31.2 Å². The standard InChI is InChI=1S/C17H20N2O2/c1-12(2)11-21-15-8-5-7-14(10-15)17(20)19-16-9-4-6-13(3)18-16/h4-10,12H,11H2,1-3H3,(H,18,19,20). The van der Waals surface area contributed by atoms with Crippen molar-refractivity contribution in [2.75, 3.05) is 11.9 Å². The van der Waals surface area contributed by atoms with E-state index in [-0.39, 0.29) is 5.91 Å². The molecule has 0 radical (unpaired) electrons. The number of anilines is 1. The van der Waals surface area contributed by atoms with E-state index in [4.69, 9.17) is 4.74 Å². The Morgan fingerprint density at radius 2 is 2.00 bits per heavy atom. The molecule has 0 saturated heterocycles. The number of aromatic nitrogens is 1. The number of benzene rings is 1. The molecule has 1 amide bonds. The molecule has 1 heterocycles. The largest absolute Gasteiger partial charge is 0.493 e. The lowest BCUT2D eigenvalue weighted by Crippen LogP contribution is -2.13. The Balaban J connectivity index is 2.07. The minimum absolute atomic E-state index is 0.192. The Labute approximate surface area is 125 Å². The van der Waals surface area contributed by atoms with Crippen LogP contribution in [0.2, 0.25) is 0 Å². The number of rotatable bonds is 5. The van der Waals surface area contributed by atoms with Gasteiger partial charge >= 0.3 is 0 Å². The SMILES string of the molecule is Cc1cccc(NC(=O)c2cccc(OCC(C)C)c2)n1. The van der Waals surface area contributed by atoms with Crippen LogP contribution in [0.4, 0.5) is 5.82 Å². The second-order valence-corrected chi connectivity index (χ2v) is 5.35. The summed E-state index contributed by atoms with van der Waals surface area (Å²) >= 11 is 0. The van der Waals surface area contributed by atoms with Crippen molar-refractivity contribution in [2.24, 2.45) is 5.92 Å². The maximum Gasteiger partial charge on any atom is 0.256 e. The first kappa shape index (κ1) is 15.0. The molecule has 0 fully saturated rings. The zero-order chi connectivity index (χ0) is 15.2. The number of ether oxygens (including phenoxy) is 1. The van der Waals surface area contributed by atoms with Gasteiger partial charge in [0.1, 0.15) is 11.6 Å². The van der Waals surface area contributed by atoms with Gasteiger partial charge in [-0.15, -0.1) is 0 Å². The number of nitrogens with one attached hydrogen (secondary N) is 1. The van der Waals surface area contributed by atoms with Crippen LogP contribution in [0.3, 0.4) is 0 Å². The highest BCUT2D eigenvalue weighted by atomic mass is 16.5. The second-order valence-electron chi connectivity index (χ2n) is 5.35. The number of pyridine rings is 1. The summed E-state index contributed by atoms with van der Waals surface area (Å²) in [6, 6.07) is 12.7. The van der Waals surface area contributed by atoms with E-state index in [0.29, 0.717) is 29.7 Å². The minimum Gasteiger partial charge on any atom is -0.493 e. The molecule has 0 atom stereocenters. The minimum atomic E-state index is -0.192. The molecule has 2 rings (SSSR count). The lowest BCUT2D eigenvalue weighted by Gasteiger charge is -2.10. The lowest BCUT2D eigenvalue weighted by atomic mass is 10.2. The molecular weight excluding hydrogens is 264 g/mol. The second kappa shape index (κ2) is 6.88. The average molecular weight is 284 g/mol. The molecule has 0 unspecified atom stereocenters. The molecule has 4 heteroatoms. The summed E-state index contributed by atoms with van der Waals surface area (Å²) in [5.74, 6) is 1.50. The third-order valence-electron chi connectivity index (χ3n) is 2.81. The molecular formula is C17H20N2O2. The summed E-state index contributed by atoms with van der Waals surface area (Å²) in [5, 5.41) is 2.79. The third-order valence-corrected chi connectivity index (χ3v) is 2.81. The highest BCUT2D eigenvalue weighted by molar-refractivity contribution is 6.03. The molecule has 1 aromatic heterocycles. The van der Waals surface area contributed by atoms with Gasteiger partial charge < -0.3 is 10.1 Å². The zero-order valence-electron chi connectivity index (χ0n) is 12.6. The fourth-order valence-corrected chi connectivity index (χ4v) is 1.79. The van der Waals surface area contributed by atoms with Gasteiger partial charge in [0.2, 0.25) is 0 Å². The molecule has 0 aliphatic rings. The van der Waals surface area contributed by atoms with Gasteiger partial charge in [-0.2, -0.15) is 0 Å². The van der Waals surface area contributed by atoms with E-state index < -0.39 is 0 Å². The zero-order valence-corrected chi connectivity index (χ0v) is 12.6. The first-order valence-corrected chi connectivity index (χ1v) is 7.02. The predicted molar refractivity (Wildman–Crippen MR) is 83.7 cm³/mol. The van der Waals surface area contributed by atoms with Crippen molar-refractivity contribution in [1.29, 1.82) is 0 Å². The molecule has 0 aliphatic heterocycles. The first-order chi connectivity index (χ1) is 10.0. The average Bonchev–Trinajstić information content (AvgIpc) is 2.45. The molecule has 4 nitrogen and oxygen atoms in total. The Bertz CT molecular complexity index is 624. The first-order valence-electron chi connectivity index (χ1n) is 7.02. The number of hydrogen-bond donors (Lipinski definition) is 1. The predicted octanol–water partition coefficient (Wildman–Crippen LogP) is 3.68. The molecule has 1 N–H and O–H groups in total. The highest BCUT2D eigenvalue weighted by Gasteiger charge is 2.08. The van der Waals surface area contributed by atoms with Gasteiger partial charge in [0.05, 0.1) is 6.61 Å². The summed E-state index contributed by atoms with van der Waals surface area (Å²) in [6.45, 7) is 6.68. The van der Waals surface area contributed by atoms with Gasteiger partial charge in [0, 0.05) is 11.3 Å². The van der Waals surface area contributed by atoms with E-state index in [1.165, 1.54) is 0 Å². The molecule has 0 bridgehead atoms. The van der Waals surface area contributed by atoms with Gasteiger partial charge in [-0.1, -0.05) is 26.0 Å². The number of nitrogens with zero attached hydrogens (tertiary/aromatic N) is 1. The van der Waals surface area contributed by atoms with E-state index >= 15 is 0 Å². The molecule has 0 saturated carbocycles. The number of carbonyl (C=O) groups is 1. The van der Waals surface area contributed by atoms with Gasteiger partial charge in [-0.3, -0.25) is 4.79 Å². The van der Waals surface area contributed by atoms with Crippen molar-refractivity contribution < 1.29 is 9.53 Å². The van der Waals surface area contributed by atoms with Crippen LogP contribution in [-0.2, 0) is 0 Å². The summed E-state index contributed by atoms with van der Waals surface area (Å²) in [7, 11) is 0. The van der Waals surface area contributed by atoms with Crippen molar-refractivity contribution in [1.82, 2.24) is 4.98 Å². The van der Waals surface area contributed by atoms with Crippen LogP contribution in [0.25, 0.3) is 0 Å². The van der Waals surface area contributed by atoms with E-state index in [1.54, 1.807) is 18.2 Å². The summed E-state index contributed by atoms with van der Waals surface area (Å²) in [6.07, 6.45) is 0. The van der Waals surface area contributed by atoms with E-state index in [9.17, 15) is 4.79 Å². The Morgan fingerprint density at radius 3 is 2.71 bits per heavy atom. The van der Waals surface area contributed by atoms with E-state index in [0.717, 1.165) is 5.69 Å². The third kappa shape index (κ3) is 4.60. The monoisotopic (exact) mass is 284 g/mol. The lowest BCUT2D eigenvalue weighted by molar-refractivity contribution is 0.102. The van der Waals surface area contributed by atoms with Crippen LogP contribution in [0.1, 0.15) is 29.9 Å². The smallest absolute Gasteiger partial charge is 0.256 e. The van der Waals surface area contributed by atoms with Crippen molar-refractivity contribution in [3.8, 4) is 5.75 Å². The maximum atomic E-state index is 12.2. The summed E-state index contributed by atoms with van der Waals surface area (Å²) < 4.78 is 5.63. The quantitative estimate of drug-likeness (QED) is 0.911. The van der Waals surface area contributed by atoms with Crippen molar-refractivity contribution in [3.63, 3.8) is 0 Å². The van der Waals surface area contributed by atoms with Gasteiger partial charge in [0.15, 0.2) is 0 Å². The van der Waals surface area contributed by atoms with Gasteiger partial charge in [0.25, 0.3) is 5.91 Å². The molecule has 21 heavy (non-hydrogen) atoms. The molecule has 0 aliphatic carbocycles. The molecule has 0 spiro atoms. The Hall–Kier alpha value is -2.36. The van der Waals surface area contributed by atoms with Crippen LogP contribution < -0.4 is 10.1 Å². The number of hydrogen-bond acceptors (Lipinski definition) is 3. The van der Waals surface area contributed by atoms with Gasteiger partial charge in [-0.05, 0) is 43.2 Å². The molecule has 2 aromatic rings. The number of carbonyl (C=O) groups excluding carboxylic acids is 1. The van der Waals surface area contributed by atoms with E-state index in [2.05, 4.69) is 24.1 Å². The topological polar surface area (TPSA) is 51.2 Å². The summed E-state index contributed by atoms with van der Waals surface area (Å²) in [5.41, 5.74) is 1.42. The maximum absolute atomic E-state index is 12.2. The fraction of sp³-hybridized carbons (Fsp3) is 0.294. The van der Waals surface area contributed by atoms with Crippen LogP contribution in [0.15, 0.2) is 42.5 Å². The normalized spacial score (nSPS) is 10.5. The van der Waals surface area contributed by atoms with Crippen LogP contribution >= 0.6 is 0 Å². The fourth-order valence-electron chi connectivity index (χ4n) is 1.79. The van der Waals surface area contributed by atoms with Crippen molar-refractivity contribution >= 4 is 11.7 Å². The highest BCUT2D eigenvalue weighted by Crippen LogP contribution is 2.15. The van der Waals surface area contributed by atoms with Crippen molar-refractivity contribution in [3.05, 3.63) is 53.7 Å². The van der Waals surface area contributed by atoms with Gasteiger partial charge in [-0.25, -0.2) is 4.98 Å². The van der Waals surface area contributed by atoms with Crippen LogP contribution in [0.5, 0.6) is 5.75 Å². The molecule has 1 aromatic carbocycles. The molecule has 110 valence electrons. The Kier molecular flexibility index (Phi) is 4.93. The van der Waals surface area contributed by atoms with Crippen LogP contribution in [-0.4, -0.2) is 17.5 Å². The number of amides is 1. The van der Waals surface area contributed by atoms with Crippen LogP contribution in [0, 0.1) is 12.8 Å². The van der Waals surface area contributed by atoms with Crippen molar-refractivity contribution in [2.45, 2.75) is 20.8 Å². The number of aryl methyl sites for hydroxylation is 1. The Morgan fingerprint density at radius 1 is 1.24 bits per heavy atom. The summed E-state index contributed by atoms with van der Waals surface area (Å²) in [4.78, 5) is 16.5.